The van der Waals surface area contributed by atoms with Crippen LogP contribution in [-0.4, -0.2) is 59.6 Å². The van der Waals surface area contributed by atoms with Crippen LogP contribution in [0.4, 0.5) is 4.79 Å². The third-order valence-corrected chi connectivity index (χ3v) is 5.23. The Bertz CT molecular complexity index is 476. The molecule has 2 fully saturated rings. The molecule has 0 saturated carbocycles. The van der Waals surface area contributed by atoms with Crippen LogP contribution in [0.2, 0.25) is 0 Å². The van der Waals surface area contributed by atoms with E-state index in [0.717, 1.165) is 45.4 Å². The molecule has 1 atom stereocenters. The summed E-state index contributed by atoms with van der Waals surface area (Å²) in [5, 5.41) is 0. The monoisotopic (exact) mass is 339 g/mol. The highest BCUT2D eigenvalue weighted by atomic mass is 16.6. The van der Waals surface area contributed by atoms with Crippen molar-refractivity contribution in [2.75, 3.05) is 26.2 Å². The van der Waals surface area contributed by atoms with Crippen LogP contribution in [0.3, 0.4) is 0 Å². The number of ether oxygens (including phenoxy) is 1. The van der Waals surface area contributed by atoms with Crippen molar-refractivity contribution in [1.29, 1.82) is 0 Å². The summed E-state index contributed by atoms with van der Waals surface area (Å²) in [5.41, 5.74) is 5.67. The van der Waals surface area contributed by atoms with Crippen molar-refractivity contribution in [1.82, 2.24) is 9.80 Å². The molecule has 2 amide bonds. The molecule has 2 aliphatic rings. The summed E-state index contributed by atoms with van der Waals surface area (Å²) in [6, 6.07) is -0.416. The number of nitrogens with zero attached hydrogens (tertiary/aromatic N) is 2. The quantitative estimate of drug-likeness (QED) is 0.837. The largest absolute Gasteiger partial charge is 0.444 e. The molecule has 6 nitrogen and oxygen atoms in total. The molecule has 138 valence electrons. The summed E-state index contributed by atoms with van der Waals surface area (Å²) >= 11 is 0. The molecule has 0 aromatic heterocycles. The van der Waals surface area contributed by atoms with E-state index in [0.29, 0.717) is 0 Å². The van der Waals surface area contributed by atoms with Crippen LogP contribution in [0.25, 0.3) is 0 Å². The number of hydrogen-bond acceptors (Lipinski definition) is 4. The van der Waals surface area contributed by atoms with Gasteiger partial charge in [-0.3, -0.25) is 4.79 Å². The number of carbonyl (C=O) groups excluding carboxylic acids is 2. The second kappa shape index (κ2) is 6.90. The molecule has 2 saturated heterocycles. The van der Waals surface area contributed by atoms with Gasteiger partial charge in [-0.15, -0.1) is 0 Å². The second-order valence-electron chi connectivity index (χ2n) is 8.75. The molecule has 24 heavy (non-hydrogen) atoms. The Labute approximate surface area is 145 Å². The Balaban J connectivity index is 1.88. The van der Waals surface area contributed by atoms with Crippen LogP contribution in [0, 0.1) is 11.3 Å². The lowest BCUT2D eigenvalue weighted by atomic mass is 9.77. The van der Waals surface area contributed by atoms with E-state index in [9.17, 15) is 9.59 Å². The standard InChI is InChI=1S/C18H33N3O3/c1-13(2)14(19)15(22)20-9-6-18(7-10-20)8-11-21(12-18)16(23)24-17(3,4)5/h13-14H,6-12,19H2,1-5H3/t14-/m1/s1. The van der Waals surface area contributed by atoms with Gasteiger partial charge >= 0.3 is 6.09 Å². The summed E-state index contributed by atoms with van der Waals surface area (Å²) in [5.74, 6) is 0.212. The van der Waals surface area contributed by atoms with Gasteiger partial charge in [-0.25, -0.2) is 4.79 Å². The lowest BCUT2D eigenvalue weighted by molar-refractivity contribution is -0.135. The van der Waals surface area contributed by atoms with Crippen molar-refractivity contribution in [3.05, 3.63) is 0 Å². The van der Waals surface area contributed by atoms with Gasteiger partial charge < -0.3 is 20.3 Å². The molecule has 6 heteroatoms. The van der Waals surface area contributed by atoms with E-state index < -0.39 is 11.6 Å². The zero-order valence-corrected chi connectivity index (χ0v) is 15.8. The van der Waals surface area contributed by atoms with Gasteiger partial charge in [0.1, 0.15) is 5.60 Å². The summed E-state index contributed by atoms with van der Waals surface area (Å²) in [7, 11) is 0. The van der Waals surface area contributed by atoms with E-state index in [1.165, 1.54) is 0 Å². The molecular weight excluding hydrogens is 306 g/mol. The fraction of sp³-hybridized carbons (Fsp3) is 0.889. The number of likely N-dealkylation sites (tertiary alicyclic amines) is 2. The highest BCUT2D eigenvalue weighted by Gasteiger charge is 2.44. The molecule has 0 aromatic carbocycles. The molecule has 0 radical (unpaired) electrons. The third kappa shape index (κ3) is 4.41. The Morgan fingerprint density at radius 2 is 1.54 bits per heavy atom. The minimum Gasteiger partial charge on any atom is -0.444 e. The minimum absolute atomic E-state index is 0.0573. The van der Waals surface area contributed by atoms with Gasteiger partial charge in [0.05, 0.1) is 6.04 Å². The molecule has 2 aliphatic heterocycles. The van der Waals surface area contributed by atoms with Crippen LogP contribution in [-0.2, 0) is 9.53 Å². The van der Waals surface area contributed by atoms with Gasteiger partial charge in [0, 0.05) is 26.2 Å². The summed E-state index contributed by atoms with van der Waals surface area (Å²) in [6.07, 6.45) is 2.63. The van der Waals surface area contributed by atoms with Crippen molar-refractivity contribution in [3.63, 3.8) is 0 Å². The topological polar surface area (TPSA) is 75.9 Å². The summed E-state index contributed by atoms with van der Waals surface area (Å²) in [6.45, 7) is 12.6. The van der Waals surface area contributed by atoms with Crippen LogP contribution >= 0.6 is 0 Å². The predicted molar refractivity (Wildman–Crippen MR) is 93.5 cm³/mol. The second-order valence-corrected chi connectivity index (χ2v) is 8.75. The number of rotatable bonds is 2. The Morgan fingerprint density at radius 3 is 2.00 bits per heavy atom. The Hall–Kier alpha value is -1.30. The van der Waals surface area contributed by atoms with Gasteiger partial charge in [-0.05, 0) is 51.4 Å². The molecule has 0 aromatic rings. The molecule has 0 bridgehead atoms. The average molecular weight is 339 g/mol. The summed E-state index contributed by atoms with van der Waals surface area (Å²) < 4.78 is 5.48. The van der Waals surface area contributed by atoms with Crippen molar-refractivity contribution in [2.24, 2.45) is 17.1 Å². The van der Waals surface area contributed by atoms with E-state index in [1.54, 1.807) is 0 Å². The van der Waals surface area contributed by atoms with E-state index in [2.05, 4.69) is 0 Å². The lowest BCUT2D eigenvalue weighted by Gasteiger charge is -2.40. The van der Waals surface area contributed by atoms with Crippen LogP contribution in [0.1, 0.15) is 53.9 Å². The Kier molecular flexibility index (Phi) is 5.47. The van der Waals surface area contributed by atoms with E-state index >= 15 is 0 Å². The molecule has 2 N–H and O–H groups in total. The van der Waals surface area contributed by atoms with Gasteiger partial charge in [-0.1, -0.05) is 13.8 Å². The van der Waals surface area contributed by atoms with Crippen molar-refractivity contribution in [2.45, 2.75) is 65.5 Å². The number of hydrogen-bond donors (Lipinski definition) is 1. The number of carbonyl (C=O) groups is 2. The van der Waals surface area contributed by atoms with Crippen molar-refractivity contribution >= 4 is 12.0 Å². The van der Waals surface area contributed by atoms with Gasteiger partial charge in [0.25, 0.3) is 0 Å². The summed E-state index contributed by atoms with van der Waals surface area (Å²) in [4.78, 5) is 28.4. The first-order valence-corrected chi connectivity index (χ1v) is 9.05. The van der Waals surface area contributed by atoms with Crippen LogP contribution < -0.4 is 5.73 Å². The normalized spacial score (nSPS) is 22.1. The van der Waals surface area contributed by atoms with Gasteiger partial charge in [0.15, 0.2) is 0 Å². The molecule has 0 unspecified atom stereocenters. The fourth-order valence-electron chi connectivity index (χ4n) is 3.52. The first-order valence-electron chi connectivity index (χ1n) is 9.05. The van der Waals surface area contributed by atoms with Crippen molar-refractivity contribution in [3.8, 4) is 0 Å². The first-order chi connectivity index (χ1) is 11.0. The van der Waals surface area contributed by atoms with Gasteiger partial charge in [-0.2, -0.15) is 0 Å². The number of piperidine rings is 1. The van der Waals surface area contributed by atoms with Gasteiger partial charge in [0.2, 0.25) is 5.91 Å². The highest BCUT2D eigenvalue weighted by molar-refractivity contribution is 5.82. The average Bonchev–Trinajstić information content (AvgIpc) is 2.89. The Morgan fingerprint density at radius 1 is 1.04 bits per heavy atom. The first kappa shape index (κ1) is 19.0. The number of nitrogens with two attached hydrogens (primary N) is 1. The smallest absolute Gasteiger partial charge is 0.410 e. The SMILES string of the molecule is CC(C)[C@@H](N)C(=O)N1CCC2(CCN(C(=O)OC(C)(C)C)C2)CC1. The van der Waals surface area contributed by atoms with Crippen LogP contribution in [0.5, 0.6) is 0 Å². The number of amides is 2. The maximum atomic E-state index is 12.4. The molecule has 2 heterocycles. The fourth-order valence-corrected chi connectivity index (χ4v) is 3.52. The van der Waals surface area contributed by atoms with E-state index in [-0.39, 0.29) is 23.3 Å². The molecular formula is C18H33N3O3. The minimum atomic E-state index is -0.463. The molecule has 1 spiro atoms. The zero-order valence-electron chi connectivity index (χ0n) is 15.8. The van der Waals surface area contributed by atoms with E-state index in [4.69, 9.17) is 10.5 Å². The molecule has 0 aliphatic carbocycles. The third-order valence-electron chi connectivity index (χ3n) is 5.23. The lowest BCUT2D eigenvalue weighted by Crippen LogP contribution is -2.51. The highest BCUT2D eigenvalue weighted by Crippen LogP contribution is 2.40. The maximum absolute atomic E-state index is 12.4. The van der Waals surface area contributed by atoms with E-state index in [1.807, 2.05) is 44.4 Å². The predicted octanol–water partition coefficient (Wildman–Crippen LogP) is 2.22. The van der Waals surface area contributed by atoms with Crippen molar-refractivity contribution < 1.29 is 14.3 Å². The maximum Gasteiger partial charge on any atom is 0.410 e. The van der Waals surface area contributed by atoms with Crippen LogP contribution in [0.15, 0.2) is 0 Å². The zero-order chi connectivity index (χ0) is 18.1. The molecule has 2 rings (SSSR count).